The summed E-state index contributed by atoms with van der Waals surface area (Å²) in [6.45, 7) is 2.12. The molecule has 0 bridgehead atoms. The minimum atomic E-state index is 0.0190. The second-order valence-corrected chi connectivity index (χ2v) is 8.24. The molecule has 1 saturated heterocycles. The maximum atomic E-state index is 12.6. The molecule has 1 amide bonds. The maximum absolute atomic E-state index is 12.6. The molecule has 4 nitrogen and oxygen atoms in total. The number of amides is 1. The van der Waals surface area contributed by atoms with E-state index < -0.39 is 0 Å². The van der Waals surface area contributed by atoms with Crippen molar-refractivity contribution < 1.29 is 4.79 Å². The van der Waals surface area contributed by atoms with Crippen molar-refractivity contribution in [2.45, 2.75) is 32.2 Å². The maximum Gasteiger partial charge on any atom is 0.308 e. The highest BCUT2D eigenvalue weighted by Crippen LogP contribution is 2.22. The summed E-state index contributed by atoms with van der Waals surface area (Å²) in [5.74, 6) is 0.815. The average molecular weight is 381 g/mol. The molecule has 0 spiro atoms. The first kappa shape index (κ1) is 18.0. The number of carbonyl (C=O) groups excluding carboxylic acids is 1. The number of aryl methyl sites for hydroxylation is 1. The zero-order valence-corrected chi connectivity index (χ0v) is 16.2. The number of aromatic nitrogens is 1. The highest BCUT2D eigenvalue weighted by Gasteiger charge is 2.23. The third-order valence-corrected chi connectivity index (χ3v) is 6.42. The molecule has 0 aliphatic carbocycles. The molecule has 27 heavy (non-hydrogen) atoms. The van der Waals surface area contributed by atoms with Gasteiger partial charge in [-0.2, -0.15) is 0 Å². The third-order valence-electron chi connectivity index (χ3n) is 5.46. The first-order valence-electron chi connectivity index (χ1n) is 9.61. The number of para-hydroxylation sites is 1. The van der Waals surface area contributed by atoms with Gasteiger partial charge in [-0.05, 0) is 42.9 Å². The van der Waals surface area contributed by atoms with Gasteiger partial charge in [0.2, 0.25) is 5.91 Å². The summed E-state index contributed by atoms with van der Waals surface area (Å²) in [4.78, 5) is 26.8. The monoisotopic (exact) mass is 380 g/mol. The average Bonchev–Trinajstić information content (AvgIpc) is 3.02. The van der Waals surface area contributed by atoms with Crippen molar-refractivity contribution in [2.75, 3.05) is 13.1 Å². The molecule has 0 radical (unpaired) electrons. The summed E-state index contributed by atoms with van der Waals surface area (Å²) in [5.41, 5.74) is 2.31. The van der Waals surface area contributed by atoms with Crippen LogP contribution in [0.3, 0.4) is 0 Å². The van der Waals surface area contributed by atoms with Gasteiger partial charge in [0.05, 0.1) is 10.2 Å². The van der Waals surface area contributed by atoms with Gasteiger partial charge >= 0.3 is 4.87 Å². The van der Waals surface area contributed by atoms with Crippen molar-refractivity contribution >= 4 is 27.5 Å². The number of hydrogen-bond acceptors (Lipinski definition) is 3. The van der Waals surface area contributed by atoms with E-state index in [9.17, 15) is 9.59 Å². The van der Waals surface area contributed by atoms with Crippen LogP contribution in [0.15, 0.2) is 59.4 Å². The second-order valence-electron chi connectivity index (χ2n) is 7.25. The lowest BCUT2D eigenvalue weighted by atomic mass is 9.90. The van der Waals surface area contributed by atoms with E-state index in [1.54, 1.807) is 4.57 Å². The third kappa shape index (κ3) is 4.14. The molecule has 2 aromatic carbocycles. The molecule has 5 heteroatoms. The van der Waals surface area contributed by atoms with Gasteiger partial charge < -0.3 is 4.90 Å². The van der Waals surface area contributed by atoms with Crippen molar-refractivity contribution in [1.29, 1.82) is 0 Å². The predicted molar refractivity (Wildman–Crippen MR) is 110 cm³/mol. The summed E-state index contributed by atoms with van der Waals surface area (Å²) < 4.78 is 2.72. The molecule has 2 heterocycles. The summed E-state index contributed by atoms with van der Waals surface area (Å²) in [6, 6.07) is 18.4. The van der Waals surface area contributed by atoms with Gasteiger partial charge in [0, 0.05) is 26.1 Å². The fourth-order valence-electron chi connectivity index (χ4n) is 3.93. The molecule has 1 aromatic heterocycles. The SMILES string of the molecule is O=C(CCn1c(=O)sc2ccccc21)N1CCC(Cc2ccccc2)CC1. The Hall–Kier alpha value is -2.40. The van der Waals surface area contributed by atoms with Crippen LogP contribution in [0.4, 0.5) is 0 Å². The van der Waals surface area contributed by atoms with E-state index in [2.05, 4.69) is 24.3 Å². The van der Waals surface area contributed by atoms with Crippen molar-refractivity contribution in [1.82, 2.24) is 9.47 Å². The summed E-state index contributed by atoms with van der Waals surface area (Å²) >= 11 is 1.25. The fraction of sp³-hybridized carbons (Fsp3) is 0.364. The van der Waals surface area contributed by atoms with E-state index >= 15 is 0 Å². The Morgan fingerprint density at radius 1 is 1.00 bits per heavy atom. The van der Waals surface area contributed by atoms with Crippen LogP contribution in [0.5, 0.6) is 0 Å². The zero-order chi connectivity index (χ0) is 18.6. The smallest absolute Gasteiger partial charge is 0.308 e. The molecule has 0 unspecified atom stereocenters. The summed E-state index contributed by atoms with van der Waals surface area (Å²) in [7, 11) is 0. The van der Waals surface area contributed by atoms with Gasteiger partial charge in [-0.3, -0.25) is 14.2 Å². The van der Waals surface area contributed by atoms with Crippen molar-refractivity contribution in [2.24, 2.45) is 5.92 Å². The minimum Gasteiger partial charge on any atom is -0.343 e. The Morgan fingerprint density at radius 3 is 2.48 bits per heavy atom. The van der Waals surface area contributed by atoms with Crippen LogP contribution >= 0.6 is 11.3 Å². The van der Waals surface area contributed by atoms with Crippen LogP contribution in [0.1, 0.15) is 24.8 Å². The first-order chi connectivity index (χ1) is 13.2. The standard InChI is InChI=1S/C22H24N2O2S/c25-21(12-15-24-19-8-4-5-9-20(19)27-22(24)26)23-13-10-18(11-14-23)16-17-6-2-1-3-7-17/h1-9,18H,10-16H2. The van der Waals surface area contributed by atoms with Crippen LogP contribution in [0.25, 0.3) is 10.2 Å². The van der Waals surface area contributed by atoms with Crippen LogP contribution in [-0.2, 0) is 17.8 Å². The topological polar surface area (TPSA) is 42.3 Å². The number of carbonyl (C=O) groups is 1. The lowest BCUT2D eigenvalue weighted by Crippen LogP contribution is -2.39. The molecule has 140 valence electrons. The van der Waals surface area contributed by atoms with E-state index in [1.165, 1.54) is 16.9 Å². The Balaban J connectivity index is 1.31. The molecule has 3 aromatic rings. The van der Waals surface area contributed by atoms with Gasteiger partial charge in [-0.1, -0.05) is 53.8 Å². The number of nitrogens with zero attached hydrogens (tertiary/aromatic N) is 2. The quantitative estimate of drug-likeness (QED) is 0.673. The highest BCUT2D eigenvalue weighted by atomic mass is 32.1. The van der Waals surface area contributed by atoms with Gasteiger partial charge in [0.15, 0.2) is 0 Å². The molecule has 0 N–H and O–H groups in total. The number of benzene rings is 2. The van der Waals surface area contributed by atoms with Gasteiger partial charge in [-0.25, -0.2) is 0 Å². The Morgan fingerprint density at radius 2 is 1.70 bits per heavy atom. The van der Waals surface area contributed by atoms with Crippen molar-refractivity contribution in [3.05, 3.63) is 69.8 Å². The first-order valence-corrected chi connectivity index (χ1v) is 10.4. The predicted octanol–water partition coefficient (Wildman–Crippen LogP) is 3.93. The number of fused-ring (bicyclic) bond motifs is 1. The van der Waals surface area contributed by atoms with Crippen molar-refractivity contribution in [3.8, 4) is 0 Å². The molecule has 1 fully saturated rings. The van der Waals surface area contributed by atoms with Crippen LogP contribution in [0.2, 0.25) is 0 Å². The van der Waals surface area contributed by atoms with Gasteiger partial charge in [0.25, 0.3) is 0 Å². The number of rotatable bonds is 5. The zero-order valence-electron chi connectivity index (χ0n) is 15.3. The van der Waals surface area contributed by atoms with Crippen LogP contribution in [0, 0.1) is 5.92 Å². The van der Waals surface area contributed by atoms with E-state index in [-0.39, 0.29) is 10.8 Å². The number of likely N-dealkylation sites (tertiary alicyclic amines) is 1. The molecular weight excluding hydrogens is 356 g/mol. The Bertz CT molecular complexity index is 969. The second kappa shape index (κ2) is 8.09. The number of piperidine rings is 1. The molecule has 0 atom stereocenters. The molecule has 0 saturated carbocycles. The summed E-state index contributed by atoms with van der Waals surface area (Å²) in [5, 5.41) is 0. The molecule has 1 aliphatic heterocycles. The van der Waals surface area contributed by atoms with Gasteiger partial charge in [0.1, 0.15) is 0 Å². The number of hydrogen-bond donors (Lipinski definition) is 0. The molecule has 4 rings (SSSR count). The van der Waals surface area contributed by atoms with E-state index in [4.69, 9.17) is 0 Å². The van der Waals surface area contributed by atoms with E-state index in [0.29, 0.717) is 18.9 Å². The summed E-state index contributed by atoms with van der Waals surface area (Å²) in [6.07, 6.45) is 3.60. The van der Waals surface area contributed by atoms with Gasteiger partial charge in [-0.15, -0.1) is 0 Å². The normalized spacial score (nSPS) is 15.3. The van der Waals surface area contributed by atoms with E-state index in [1.807, 2.05) is 35.2 Å². The van der Waals surface area contributed by atoms with E-state index in [0.717, 1.165) is 42.6 Å². The fourth-order valence-corrected chi connectivity index (χ4v) is 4.84. The minimum absolute atomic E-state index is 0.0190. The van der Waals surface area contributed by atoms with Crippen LogP contribution < -0.4 is 4.87 Å². The number of thiazole rings is 1. The highest BCUT2D eigenvalue weighted by molar-refractivity contribution is 7.16. The molecular formula is C22H24N2O2S. The molecule has 1 aliphatic rings. The lowest BCUT2D eigenvalue weighted by Gasteiger charge is -2.32. The Labute approximate surface area is 163 Å². The largest absolute Gasteiger partial charge is 0.343 e. The lowest BCUT2D eigenvalue weighted by molar-refractivity contribution is -0.132. The Kier molecular flexibility index (Phi) is 5.39. The van der Waals surface area contributed by atoms with Crippen molar-refractivity contribution in [3.63, 3.8) is 0 Å². The van der Waals surface area contributed by atoms with Crippen LogP contribution in [-0.4, -0.2) is 28.5 Å².